The molecular formula is C17H14O3. The summed E-state index contributed by atoms with van der Waals surface area (Å²) in [4.78, 5) is 12.1. The first kappa shape index (κ1) is 12.5. The number of fused-ring (bicyclic) bond motifs is 1. The predicted octanol–water partition coefficient (Wildman–Crippen LogP) is 3.65. The maximum atomic E-state index is 12.1. The highest BCUT2D eigenvalue weighted by atomic mass is 16.4. The molecule has 20 heavy (non-hydrogen) atoms. The Kier molecular flexibility index (Phi) is 3.03. The highest BCUT2D eigenvalue weighted by Gasteiger charge is 2.20. The van der Waals surface area contributed by atoms with Gasteiger partial charge in [0, 0.05) is 5.92 Å². The van der Waals surface area contributed by atoms with E-state index in [9.17, 15) is 9.90 Å². The topological polar surface area (TPSA) is 50.4 Å². The van der Waals surface area contributed by atoms with Gasteiger partial charge in [-0.05, 0) is 17.7 Å². The number of aromatic hydroxyl groups is 1. The van der Waals surface area contributed by atoms with Gasteiger partial charge in [-0.2, -0.15) is 0 Å². The van der Waals surface area contributed by atoms with Crippen molar-refractivity contribution in [3.05, 3.63) is 76.1 Å². The fourth-order valence-electron chi connectivity index (χ4n) is 2.44. The monoisotopic (exact) mass is 266 g/mol. The van der Waals surface area contributed by atoms with Crippen molar-refractivity contribution in [2.24, 2.45) is 0 Å². The van der Waals surface area contributed by atoms with Crippen molar-refractivity contribution in [1.82, 2.24) is 0 Å². The third kappa shape index (κ3) is 1.97. The Labute approximate surface area is 116 Å². The molecule has 2 aromatic carbocycles. The Hall–Kier alpha value is -2.55. The van der Waals surface area contributed by atoms with Crippen LogP contribution in [0.25, 0.3) is 11.0 Å². The SMILES string of the molecule is C[C@@H](c1ccccc1)c1c(O)c2ccccc2oc1=O. The summed E-state index contributed by atoms with van der Waals surface area (Å²) in [6.45, 7) is 1.88. The standard InChI is InChI=1S/C17H14O3/c1-11(12-7-3-2-4-8-12)15-16(18)13-9-5-6-10-14(13)20-17(15)19/h2-11,18H,1H3/t11-/m0/s1. The van der Waals surface area contributed by atoms with Crippen LogP contribution in [0.15, 0.2) is 63.8 Å². The quantitative estimate of drug-likeness (QED) is 0.720. The number of benzene rings is 2. The second-order valence-electron chi connectivity index (χ2n) is 4.78. The van der Waals surface area contributed by atoms with E-state index in [1.807, 2.05) is 37.3 Å². The molecule has 3 nitrogen and oxygen atoms in total. The van der Waals surface area contributed by atoms with Crippen LogP contribution in [-0.2, 0) is 0 Å². The normalized spacial score (nSPS) is 12.4. The van der Waals surface area contributed by atoms with Crippen LogP contribution >= 0.6 is 0 Å². The van der Waals surface area contributed by atoms with E-state index in [1.54, 1.807) is 24.3 Å². The van der Waals surface area contributed by atoms with Crippen molar-refractivity contribution in [3.63, 3.8) is 0 Å². The Balaban J connectivity index is 2.24. The summed E-state index contributed by atoms with van der Waals surface area (Å²) in [5.74, 6) is -0.217. The second-order valence-corrected chi connectivity index (χ2v) is 4.78. The lowest BCUT2D eigenvalue weighted by molar-refractivity contribution is 0.453. The molecule has 1 N–H and O–H groups in total. The zero-order chi connectivity index (χ0) is 14.1. The molecule has 0 fully saturated rings. The van der Waals surface area contributed by atoms with Gasteiger partial charge >= 0.3 is 5.63 Å². The molecule has 3 rings (SSSR count). The van der Waals surface area contributed by atoms with Gasteiger partial charge in [0.25, 0.3) is 0 Å². The van der Waals surface area contributed by atoms with Gasteiger partial charge in [-0.25, -0.2) is 4.79 Å². The summed E-state index contributed by atoms with van der Waals surface area (Å²) in [6, 6.07) is 16.6. The first-order chi connectivity index (χ1) is 9.68. The zero-order valence-corrected chi connectivity index (χ0v) is 11.0. The molecule has 0 aliphatic heterocycles. The highest BCUT2D eigenvalue weighted by Crippen LogP contribution is 2.33. The van der Waals surface area contributed by atoms with Gasteiger partial charge in [-0.15, -0.1) is 0 Å². The predicted molar refractivity (Wildman–Crippen MR) is 78.1 cm³/mol. The van der Waals surface area contributed by atoms with Crippen LogP contribution in [0.2, 0.25) is 0 Å². The Morgan fingerprint density at radius 2 is 1.65 bits per heavy atom. The minimum atomic E-state index is -0.488. The molecule has 1 aromatic heterocycles. The maximum absolute atomic E-state index is 12.1. The molecule has 1 atom stereocenters. The lowest BCUT2D eigenvalue weighted by atomic mass is 9.93. The third-order valence-electron chi connectivity index (χ3n) is 3.55. The van der Waals surface area contributed by atoms with Crippen LogP contribution in [0, 0.1) is 0 Å². The van der Waals surface area contributed by atoms with E-state index in [0.29, 0.717) is 16.5 Å². The molecule has 0 aliphatic carbocycles. The number of hydrogen-bond donors (Lipinski definition) is 1. The van der Waals surface area contributed by atoms with Crippen molar-refractivity contribution in [1.29, 1.82) is 0 Å². The lowest BCUT2D eigenvalue weighted by Crippen LogP contribution is -2.12. The van der Waals surface area contributed by atoms with Crippen LogP contribution < -0.4 is 5.63 Å². The summed E-state index contributed by atoms with van der Waals surface area (Å²) in [7, 11) is 0. The van der Waals surface area contributed by atoms with Crippen molar-refractivity contribution >= 4 is 11.0 Å². The number of hydrogen-bond acceptors (Lipinski definition) is 3. The van der Waals surface area contributed by atoms with Crippen LogP contribution in [-0.4, -0.2) is 5.11 Å². The molecule has 0 spiro atoms. The Bertz CT molecular complexity index is 803. The van der Waals surface area contributed by atoms with Crippen LogP contribution in [0.5, 0.6) is 5.75 Å². The third-order valence-corrected chi connectivity index (χ3v) is 3.55. The average Bonchev–Trinajstić information content (AvgIpc) is 2.48. The molecule has 0 bridgehead atoms. The van der Waals surface area contributed by atoms with Gasteiger partial charge in [-0.3, -0.25) is 0 Å². The number of para-hydroxylation sites is 1. The molecule has 0 saturated heterocycles. The summed E-state index contributed by atoms with van der Waals surface area (Å²) in [5, 5.41) is 11.0. The van der Waals surface area contributed by atoms with Crippen molar-refractivity contribution in [2.45, 2.75) is 12.8 Å². The van der Waals surface area contributed by atoms with Gasteiger partial charge < -0.3 is 9.52 Å². The highest BCUT2D eigenvalue weighted by molar-refractivity contribution is 5.84. The summed E-state index contributed by atoms with van der Waals surface area (Å²) in [6.07, 6.45) is 0. The Morgan fingerprint density at radius 3 is 2.40 bits per heavy atom. The van der Waals surface area contributed by atoms with E-state index in [4.69, 9.17) is 4.42 Å². The average molecular weight is 266 g/mol. The zero-order valence-electron chi connectivity index (χ0n) is 11.0. The molecule has 0 unspecified atom stereocenters. The van der Waals surface area contributed by atoms with Crippen molar-refractivity contribution in [2.75, 3.05) is 0 Å². The molecule has 3 heteroatoms. The molecule has 0 radical (unpaired) electrons. The second kappa shape index (κ2) is 4.85. The van der Waals surface area contributed by atoms with Crippen molar-refractivity contribution < 1.29 is 9.52 Å². The van der Waals surface area contributed by atoms with E-state index in [1.165, 1.54) is 0 Å². The first-order valence-corrected chi connectivity index (χ1v) is 6.48. The van der Waals surface area contributed by atoms with E-state index >= 15 is 0 Å². The van der Waals surface area contributed by atoms with Crippen LogP contribution in [0.4, 0.5) is 0 Å². The fourth-order valence-corrected chi connectivity index (χ4v) is 2.44. The van der Waals surface area contributed by atoms with Crippen LogP contribution in [0.3, 0.4) is 0 Å². The molecular weight excluding hydrogens is 252 g/mol. The van der Waals surface area contributed by atoms with Gasteiger partial charge in [0.15, 0.2) is 0 Å². The lowest BCUT2D eigenvalue weighted by Gasteiger charge is -2.13. The number of rotatable bonds is 2. The Morgan fingerprint density at radius 1 is 1.00 bits per heavy atom. The van der Waals surface area contributed by atoms with Crippen LogP contribution in [0.1, 0.15) is 24.0 Å². The van der Waals surface area contributed by atoms with Gasteiger partial charge in [0.05, 0.1) is 10.9 Å². The van der Waals surface area contributed by atoms with Gasteiger partial charge in [0.1, 0.15) is 11.3 Å². The summed E-state index contributed by atoms with van der Waals surface area (Å²) >= 11 is 0. The maximum Gasteiger partial charge on any atom is 0.343 e. The molecule has 0 aliphatic rings. The smallest absolute Gasteiger partial charge is 0.343 e. The fraction of sp³-hybridized carbons (Fsp3) is 0.118. The summed E-state index contributed by atoms with van der Waals surface area (Å²) < 4.78 is 5.30. The first-order valence-electron chi connectivity index (χ1n) is 6.48. The van der Waals surface area contributed by atoms with E-state index in [0.717, 1.165) is 5.56 Å². The molecule has 100 valence electrons. The minimum absolute atomic E-state index is 0.00760. The van der Waals surface area contributed by atoms with Gasteiger partial charge in [-0.1, -0.05) is 49.4 Å². The van der Waals surface area contributed by atoms with E-state index in [2.05, 4.69) is 0 Å². The molecule has 0 amide bonds. The van der Waals surface area contributed by atoms with E-state index < -0.39 is 5.63 Å². The van der Waals surface area contributed by atoms with Crippen molar-refractivity contribution in [3.8, 4) is 5.75 Å². The van der Waals surface area contributed by atoms with E-state index in [-0.39, 0.29) is 11.7 Å². The minimum Gasteiger partial charge on any atom is -0.507 e. The van der Waals surface area contributed by atoms with Gasteiger partial charge in [0.2, 0.25) is 0 Å². The molecule has 1 heterocycles. The molecule has 0 saturated carbocycles. The summed E-state index contributed by atoms with van der Waals surface area (Å²) in [5.41, 5.74) is 1.18. The largest absolute Gasteiger partial charge is 0.507 e. The molecule has 3 aromatic rings.